The Hall–Kier alpha value is -2.73. The molecule has 28 heavy (non-hydrogen) atoms. The van der Waals surface area contributed by atoms with Crippen molar-refractivity contribution in [2.24, 2.45) is 0 Å². The number of ether oxygens (including phenoxy) is 1. The third kappa shape index (κ3) is 5.16. The molecule has 3 rings (SSSR count). The molecule has 6 nitrogen and oxygen atoms in total. The number of likely N-dealkylation sites (N-methyl/N-ethyl adjacent to an activating group) is 1. The molecule has 2 aromatic rings. The van der Waals surface area contributed by atoms with Crippen LogP contribution in [0, 0.1) is 0 Å². The lowest BCUT2D eigenvalue weighted by Crippen LogP contribution is -2.44. The first kappa shape index (κ1) is 20.0. The second-order valence-corrected chi connectivity index (χ2v) is 7.25. The van der Waals surface area contributed by atoms with E-state index in [4.69, 9.17) is 10.5 Å². The van der Waals surface area contributed by atoms with Gasteiger partial charge in [0.25, 0.3) is 5.91 Å². The summed E-state index contributed by atoms with van der Waals surface area (Å²) < 4.78 is 5.66. The maximum Gasteiger partial charge on any atom is 0.255 e. The summed E-state index contributed by atoms with van der Waals surface area (Å²) >= 11 is 0. The lowest BCUT2D eigenvalue weighted by Gasteiger charge is -2.35. The Morgan fingerprint density at radius 2 is 1.82 bits per heavy atom. The summed E-state index contributed by atoms with van der Waals surface area (Å²) in [6, 6.07) is 13.0. The standard InChI is InChI=1S/C22H30N4O2/c1-3-4-15-28-19-8-5-17(6-9-19)22(27)24-20-16-18(23)7-10-21(20)26-13-11-25(2)12-14-26/h5-10,16H,3-4,11-15,23H2,1-2H3,(H,24,27). The highest BCUT2D eigenvalue weighted by Crippen LogP contribution is 2.29. The third-order valence-corrected chi connectivity index (χ3v) is 5.00. The zero-order valence-corrected chi connectivity index (χ0v) is 16.8. The summed E-state index contributed by atoms with van der Waals surface area (Å²) in [6.45, 7) is 6.66. The van der Waals surface area contributed by atoms with Crippen molar-refractivity contribution < 1.29 is 9.53 Å². The lowest BCUT2D eigenvalue weighted by molar-refractivity contribution is 0.102. The molecule has 1 heterocycles. The molecule has 0 spiro atoms. The highest BCUT2D eigenvalue weighted by atomic mass is 16.5. The number of hydrogen-bond acceptors (Lipinski definition) is 5. The van der Waals surface area contributed by atoms with E-state index in [2.05, 4.69) is 29.1 Å². The van der Waals surface area contributed by atoms with E-state index in [0.717, 1.165) is 56.1 Å². The smallest absolute Gasteiger partial charge is 0.255 e. The molecule has 0 aromatic heterocycles. The van der Waals surface area contributed by atoms with Crippen molar-refractivity contribution in [1.29, 1.82) is 0 Å². The SMILES string of the molecule is CCCCOc1ccc(C(=O)Nc2cc(N)ccc2N2CCN(C)CC2)cc1. The molecule has 3 N–H and O–H groups in total. The van der Waals surface area contributed by atoms with Gasteiger partial charge in [-0.25, -0.2) is 0 Å². The predicted octanol–water partition coefficient (Wildman–Crippen LogP) is 3.45. The minimum absolute atomic E-state index is 0.152. The maximum atomic E-state index is 12.8. The Balaban J connectivity index is 1.70. The van der Waals surface area contributed by atoms with Crippen molar-refractivity contribution in [3.8, 4) is 5.75 Å². The van der Waals surface area contributed by atoms with Crippen molar-refractivity contribution in [1.82, 2.24) is 4.90 Å². The highest BCUT2D eigenvalue weighted by Gasteiger charge is 2.18. The van der Waals surface area contributed by atoms with Crippen LogP contribution in [0.2, 0.25) is 0 Å². The van der Waals surface area contributed by atoms with Gasteiger partial charge in [-0.2, -0.15) is 0 Å². The van der Waals surface area contributed by atoms with Crippen LogP contribution in [-0.2, 0) is 0 Å². The number of nitrogen functional groups attached to an aromatic ring is 1. The van der Waals surface area contributed by atoms with Gasteiger partial charge in [0.05, 0.1) is 18.0 Å². The van der Waals surface area contributed by atoms with E-state index in [1.54, 1.807) is 12.1 Å². The fourth-order valence-corrected chi connectivity index (χ4v) is 3.21. The Morgan fingerprint density at radius 1 is 1.11 bits per heavy atom. The van der Waals surface area contributed by atoms with Crippen LogP contribution in [-0.4, -0.2) is 50.6 Å². The number of unbranched alkanes of at least 4 members (excludes halogenated alkanes) is 1. The maximum absolute atomic E-state index is 12.8. The molecule has 0 atom stereocenters. The van der Waals surface area contributed by atoms with Gasteiger partial charge < -0.3 is 25.6 Å². The Labute approximate surface area is 167 Å². The van der Waals surface area contributed by atoms with E-state index < -0.39 is 0 Å². The molecule has 1 amide bonds. The van der Waals surface area contributed by atoms with Crippen molar-refractivity contribution in [3.63, 3.8) is 0 Å². The summed E-state index contributed by atoms with van der Waals surface area (Å²) in [5.74, 6) is 0.633. The van der Waals surface area contributed by atoms with Crippen molar-refractivity contribution in [2.45, 2.75) is 19.8 Å². The first-order valence-corrected chi connectivity index (χ1v) is 9.94. The van der Waals surface area contributed by atoms with Crippen LogP contribution in [0.25, 0.3) is 0 Å². The number of amides is 1. The molecular formula is C22H30N4O2. The van der Waals surface area contributed by atoms with Gasteiger partial charge in [-0.15, -0.1) is 0 Å². The van der Waals surface area contributed by atoms with Gasteiger partial charge in [-0.1, -0.05) is 13.3 Å². The van der Waals surface area contributed by atoms with Gasteiger partial charge in [0, 0.05) is 37.4 Å². The van der Waals surface area contributed by atoms with Crippen LogP contribution in [0.4, 0.5) is 17.1 Å². The van der Waals surface area contributed by atoms with Gasteiger partial charge >= 0.3 is 0 Å². The molecule has 1 aliphatic rings. The molecule has 0 radical (unpaired) electrons. The third-order valence-electron chi connectivity index (χ3n) is 5.00. The summed E-state index contributed by atoms with van der Waals surface area (Å²) in [6.07, 6.45) is 2.11. The van der Waals surface area contributed by atoms with E-state index >= 15 is 0 Å². The number of anilines is 3. The fraction of sp³-hybridized carbons (Fsp3) is 0.409. The molecule has 0 bridgehead atoms. The molecular weight excluding hydrogens is 352 g/mol. The number of carbonyl (C=O) groups is 1. The molecule has 1 fully saturated rings. The van der Waals surface area contributed by atoms with E-state index in [1.807, 2.05) is 30.3 Å². The van der Waals surface area contributed by atoms with Gasteiger partial charge in [0.15, 0.2) is 0 Å². The summed E-state index contributed by atoms with van der Waals surface area (Å²) in [4.78, 5) is 17.4. The number of benzene rings is 2. The second-order valence-electron chi connectivity index (χ2n) is 7.25. The summed E-state index contributed by atoms with van der Waals surface area (Å²) in [5, 5.41) is 3.03. The molecule has 0 aliphatic carbocycles. The number of nitrogens with one attached hydrogen (secondary N) is 1. The zero-order valence-electron chi connectivity index (χ0n) is 16.8. The van der Waals surface area contributed by atoms with Crippen LogP contribution < -0.4 is 20.7 Å². The molecule has 150 valence electrons. The van der Waals surface area contributed by atoms with Gasteiger partial charge in [0.2, 0.25) is 0 Å². The van der Waals surface area contributed by atoms with Crippen molar-refractivity contribution >= 4 is 23.0 Å². The second kappa shape index (κ2) is 9.46. The normalized spacial score (nSPS) is 14.7. The van der Waals surface area contributed by atoms with Gasteiger partial charge in [0.1, 0.15) is 5.75 Å². The molecule has 0 saturated carbocycles. The number of rotatable bonds is 7. The molecule has 2 aromatic carbocycles. The van der Waals surface area contributed by atoms with Crippen molar-refractivity contribution in [3.05, 3.63) is 48.0 Å². The van der Waals surface area contributed by atoms with Gasteiger partial charge in [-0.3, -0.25) is 4.79 Å². The lowest BCUT2D eigenvalue weighted by atomic mass is 10.1. The Morgan fingerprint density at radius 3 is 2.50 bits per heavy atom. The summed E-state index contributed by atoms with van der Waals surface area (Å²) in [5.41, 5.74) is 8.96. The number of hydrogen-bond donors (Lipinski definition) is 2. The van der Waals surface area contributed by atoms with Crippen LogP contribution >= 0.6 is 0 Å². The molecule has 1 saturated heterocycles. The largest absolute Gasteiger partial charge is 0.494 e. The number of piperazine rings is 1. The monoisotopic (exact) mass is 382 g/mol. The van der Waals surface area contributed by atoms with E-state index in [0.29, 0.717) is 17.9 Å². The highest BCUT2D eigenvalue weighted by molar-refractivity contribution is 6.06. The summed E-state index contributed by atoms with van der Waals surface area (Å²) in [7, 11) is 2.12. The van der Waals surface area contributed by atoms with Crippen LogP contribution in [0.5, 0.6) is 5.75 Å². The first-order chi connectivity index (χ1) is 13.6. The van der Waals surface area contributed by atoms with Gasteiger partial charge in [-0.05, 0) is 55.9 Å². The van der Waals surface area contributed by atoms with E-state index in [9.17, 15) is 4.79 Å². The van der Waals surface area contributed by atoms with E-state index in [-0.39, 0.29) is 5.91 Å². The average molecular weight is 383 g/mol. The minimum Gasteiger partial charge on any atom is -0.494 e. The topological polar surface area (TPSA) is 70.8 Å². The number of carbonyl (C=O) groups excluding carboxylic acids is 1. The van der Waals surface area contributed by atoms with Crippen LogP contribution in [0.3, 0.4) is 0 Å². The zero-order chi connectivity index (χ0) is 19.9. The van der Waals surface area contributed by atoms with Crippen LogP contribution in [0.15, 0.2) is 42.5 Å². The number of nitrogens with two attached hydrogens (primary N) is 1. The molecule has 0 unspecified atom stereocenters. The number of nitrogens with zero attached hydrogens (tertiary/aromatic N) is 2. The predicted molar refractivity (Wildman–Crippen MR) is 115 cm³/mol. The minimum atomic E-state index is -0.152. The first-order valence-electron chi connectivity index (χ1n) is 9.94. The molecule has 1 aliphatic heterocycles. The van der Waals surface area contributed by atoms with E-state index in [1.165, 1.54) is 0 Å². The van der Waals surface area contributed by atoms with Crippen molar-refractivity contribution in [2.75, 3.05) is 55.8 Å². The average Bonchev–Trinajstić information content (AvgIpc) is 2.70. The Kier molecular flexibility index (Phi) is 6.76. The van der Waals surface area contributed by atoms with Crippen LogP contribution in [0.1, 0.15) is 30.1 Å². The quantitative estimate of drug-likeness (QED) is 0.567. The molecule has 6 heteroatoms. The Bertz CT molecular complexity index is 784. The fourth-order valence-electron chi connectivity index (χ4n) is 3.21.